The summed E-state index contributed by atoms with van der Waals surface area (Å²) in [7, 11) is 0. The molecule has 22 heavy (non-hydrogen) atoms. The van der Waals surface area contributed by atoms with Crippen molar-refractivity contribution in [3.05, 3.63) is 41.6 Å². The van der Waals surface area contributed by atoms with Crippen LogP contribution in [0.4, 0.5) is 5.13 Å². The summed E-state index contributed by atoms with van der Waals surface area (Å²) in [6, 6.07) is 7.25. The van der Waals surface area contributed by atoms with Gasteiger partial charge in [-0.1, -0.05) is 11.8 Å². The van der Waals surface area contributed by atoms with E-state index in [9.17, 15) is 4.79 Å². The van der Waals surface area contributed by atoms with Crippen molar-refractivity contribution in [2.45, 2.75) is 11.9 Å². The fourth-order valence-corrected chi connectivity index (χ4v) is 2.98. The molecule has 3 rings (SSSR count). The highest BCUT2D eigenvalue weighted by molar-refractivity contribution is 7.99. The van der Waals surface area contributed by atoms with E-state index in [0.717, 1.165) is 5.69 Å². The maximum atomic E-state index is 11.8. The van der Waals surface area contributed by atoms with Crippen LogP contribution in [0.25, 0.3) is 11.5 Å². The fraction of sp³-hybridized carbons (Fsp3) is 0.143. The Labute approximate surface area is 135 Å². The summed E-state index contributed by atoms with van der Waals surface area (Å²) in [6.45, 7) is 1.89. The van der Waals surface area contributed by atoms with E-state index in [1.54, 1.807) is 12.3 Å². The number of rotatable bonds is 5. The first-order valence-electron chi connectivity index (χ1n) is 6.43. The smallest absolute Gasteiger partial charge is 0.236 e. The van der Waals surface area contributed by atoms with Crippen LogP contribution in [-0.2, 0) is 4.79 Å². The number of furan rings is 1. The number of hydrogen-bond acceptors (Lipinski definition) is 7. The van der Waals surface area contributed by atoms with Gasteiger partial charge in [0.2, 0.25) is 5.91 Å². The summed E-state index contributed by atoms with van der Waals surface area (Å²) >= 11 is 2.73. The van der Waals surface area contributed by atoms with Gasteiger partial charge in [0.1, 0.15) is 10.7 Å². The van der Waals surface area contributed by atoms with Crippen LogP contribution in [0.3, 0.4) is 0 Å². The second kappa shape index (κ2) is 6.71. The first-order valence-corrected chi connectivity index (χ1v) is 8.29. The number of thiazole rings is 1. The monoisotopic (exact) mass is 332 g/mol. The molecule has 3 aromatic rings. The van der Waals surface area contributed by atoms with Crippen LogP contribution in [0.1, 0.15) is 5.69 Å². The first kappa shape index (κ1) is 14.7. The second-order valence-electron chi connectivity index (χ2n) is 4.37. The Hall–Kier alpha value is -2.19. The number of carbonyl (C=O) groups is 1. The summed E-state index contributed by atoms with van der Waals surface area (Å²) in [4.78, 5) is 16.0. The topological polar surface area (TPSA) is 80.9 Å². The molecule has 3 aromatic heterocycles. The van der Waals surface area contributed by atoms with Crippen molar-refractivity contribution in [3.8, 4) is 11.5 Å². The predicted octanol–water partition coefficient (Wildman–Crippen LogP) is 3.23. The summed E-state index contributed by atoms with van der Waals surface area (Å²) in [5.41, 5.74) is 1.56. The first-order chi connectivity index (χ1) is 10.7. The minimum Gasteiger partial charge on any atom is -0.463 e. The van der Waals surface area contributed by atoms with Gasteiger partial charge in [-0.25, -0.2) is 4.98 Å². The Morgan fingerprint density at radius 2 is 2.27 bits per heavy atom. The molecule has 112 valence electrons. The minimum absolute atomic E-state index is 0.115. The molecule has 0 unspecified atom stereocenters. The normalized spacial score (nSPS) is 10.6. The largest absolute Gasteiger partial charge is 0.463 e. The molecule has 0 fully saturated rings. The van der Waals surface area contributed by atoms with Crippen molar-refractivity contribution in [1.82, 2.24) is 15.2 Å². The quantitative estimate of drug-likeness (QED) is 0.723. The van der Waals surface area contributed by atoms with E-state index in [1.165, 1.54) is 23.1 Å². The van der Waals surface area contributed by atoms with E-state index < -0.39 is 0 Å². The third kappa shape index (κ3) is 3.71. The Kier molecular flexibility index (Phi) is 4.50. The van der Waals surface area contributed by atoms with Gasteiger partial charge in [-0.3, -0.25) is 4.79 Å². The van der Waals surface area contributed by atoms with Crippen molar-refractivity contribution in [2.75, 3.05) is 11.1 Å². The minimum atomic E-state index is -0.115. The molecular weight excluding hydrogens is 320 g/mol. The van der Waals surface area contributed by atoms with E-state index in [4.69, 9.17) is 4.42 Å². The van der Waals surface area contributed by atoms with Crippen LogP contribution in [0.5, 0.6) is 0 Å². The van der Waals surface area contributed by atoms with Gasteiger partial charge in [-0.15, -0.1) is 21.5 Å². The van der Waals surface area contributed by atoms with Crippen LogP contribution in [0.2, 0.25) is 0 Å². The van der Waals surface area contributed by atoms with Gasteiger partial charge >= 0.3 is 0 Å². The number of anilines is 1. The molecule has 0 aromatic carbocycles. The number of aryl methyl sites for hydroxylation is 1. The fourth-order valence-electron chi connectivity index (χ4n) is 1.66. The lowest BCUT2D eigenvalue weighted by Gasteiger charge is -2.01. The zero-order valence-electron chi connectivity index (χ0n) is 11.6. The number of hydrogen-bond donors (Lipinski definition) is 1. The van der Waals surface area contributed by atoms with Gasteiger partial charge in [-0.2, -0.15) is 0 Å². The Bertz CT molecular complexity index is 754. The molecule has 1 amide bonds. The van der Waals surface area contributed by atoms with Gasteiger partial charge in [0.05, 0.1) is 17.7 Å². The zero-order chi connectivity index (χ0) is 15.4. The molecule has 0 atom stereocenters. The van der Waals surface area contributed by atoms with Crippen molar-refractivity contribution < 1.29 is 9.21 Å². The van der Waals surface area contributed by atoms with Crippen LogP contribution in [0, 0.1) is 6.92 Å². The number of aromatic nitrogens is 3. The SMILES string of the molecule is Cc1csc(NC(=O)CSc2ccc(-c3ccco3)nn2)n1. The molecule has 3 heterocycles. The number of nitrogens with zero attached hydrogens (tertiary/aromatic N) is 3. The van der Waals surface area contributed by atoms with E-state index in [-0.39, 0.29) is 11.7 Å². The molecule has 6 nitrogen and oxygen atoms in total. The van der Waals surface area contributed by atoms with E-state index in [2.05, 4.69) is 20.5 Å². The lowest BCUT2D eigenvalue weighted by molar-refractivity contribution is -0.113. The average Bonchev–Trinajstić information content (AvgIpc) is 3.18. The standard InChI is InChI=1S/C14H12N4O2S2/c1-9-7-22-14(15-9)16-12(19)8-21-13-5-4-10(17-18-13)11-3-2-6-20-11/h2-7H,8H2,1H3,(H,15,16,19). The third-order valence-electron chi connectivity index (χ3n) is 2.63. The van der Waals surface area contributed by atoms with Crippen LogP contribution in [-0.4, -0.2) is 26.8 Å². The Morgan fingerprint density at radius 1 is 1.36 bits per heavy atom. The van der Waals surface area contributed by atoms with Crippen molar-refractivity contribution in [2.24, 2.45) is 0 Å². The maximum absolute atomic E-state index is 11.8. The summed E-state index contributed by atoms with van der Waals surface area (Å²) in [5, 5.41) is 14.1. The summed E-state index contributed by atoms with van der Waals surface area (Å²) < 4.78 is 5.25. The Morgan fingerprint density at radius 3 is 2.91 bits per heavy atom. The van der Waals surface area contributed by atoms with Gasteiger partial charge in [0.25, 0.3) is 0 Å². The van der Waals surface area contributed by atoms with Gasteiger partial charge in [0.15, 0.2) is 10.9 Å². The van der Waals surface area contributed by atoms with Crippen LogP contribution in [0.15, 0.2) is 45.4 Å². The molecule has 0 spiro atoms. The number of nitrogens with one attached hydrogen (secondary N) is 1. The van der Waals surface area contributed by atoms with Gasteiger partial charge in [0, 0.05) is 5.38 Å². The molecular formula is C14H12N4O2S2. The number of thioether (sulfide) groups is 1. The molecule has 1 N–H and O–H groups in total. The molecule has 0 aliphatic carbocycles. The van der Waals surface area contributed by atoms with E-state index >= 15 is 0 Å². The highest BCUT2D eigenvalue weighted by atomic mass is 32.2. The molecule has 0 aliphatic heterocycles. The average molecular weight is 332 g/mol. The molecule has 0 bridgehead atoms. The highest BCUT2D eigenvalue weighted by Gasteiger charge is 2.08. The van der Waals surface area contributed by atoms with Crippen LogP contribution >= 0.6 is 23.1 Å². The number of carbonyl (C=O) groups excluding carboxylic acids is 1. The highest BCUT2D eigenvalue weighted by Crippen LogP contribution is 2.20. The second-order valence-corrected chi connectivity index (χ2v) is 6.22. The zero-order valence-corrected chi connectivity index (χ0v) is 13.3. The lowest BCUT2D eigenvalue weighted by atomic mass is 10.3. The molecule has 0 aliphatic rings. The Balaban J connectivity index is 1.54. The third-order valence-corrected chi connectivity index (χ3v) is 4.43. The van der Waals surface area contributed by atoms with E-state index in [0.29, 0.717) is 21.6 Å². The van der Waals surface area contributed by atoms with E-state index in [1.807, 2.05) is 30.5 Å². The molecule has 0 saturated carbocycles. The summed E-state index contributed by atoms with van der Waals surface area (Å²) in [5.74, 6) is 0.810. The number of amides is 1. The molecule has 8 heteroatoms. The maximum Gasteiger partial charge on any atom is 0.236 e. The molecule has 0 saturated heterocycles. The lowest BCUT2D eigenvalue weighted by Crippen LogP contribution is -2.14. The van der Waals surface area contributed by atoms with Crippen molar-refractivity contribution in [3.63, 3.8) is 0 Å². The van der Waals surface area contributed by atoms with Gasteiger partial charge < -0.3 is 9.73 Å². The predicted molar refractivity (Wildman–Crippen MR) is 85.9 cm³/mol. The van der Waals surface area contributed by atoms with Crippen molar-refractivity contribution >= 4 is 34.1 Å². The molecule has 0 radical (unpaired) electrons. The summed E-state index contributed by atoms with van der Waals surface area (Å²) in [6.07, 6.45) is 1.59. The van der Waals surface area contributed by atoms with Crippen LogP contribution < -0.4 is 5.32 Å². The van der Waals surface area contributed by atoms with Gasteiger partial charge in [-0.05, 0) is 31.2 Å². The van der Waals surface area contributed by atoms with Crippen molar-refractivity contribution in [1.29, 1.82) is 0 Å².